The second kappa shape index (κ2) is 6.72. The van der Waals surface area contributed by atoms with Crippen LogP contribution in [0.15, 0.2) is 18.2 Å². The van der Waals surface area contributed by atoms with E-state index in [4.69, 9.17) is 0 Å². The fourth-order valence-electron chi connectivity index (χ4n) is 2.68. The first kappa shape index (κ1) is 16.2. The number of rotatable bonds is 5. The van der Waals surface area contributed by atoms with E-state index in [2.05, 4.69) is 10.0 Å². The molecule has 0 bridgehead atoms. The second-order valence-corrected chi connectivity index (χ2v) is 6.98. The summed E-state index contributed by atoms with van der Waals surface area (Å²) in [5.74, 6) is -0.555. The molecule has 7 heteroatoms. The van der Waals surface area contributed by atoms with E-state index in [1.165, 1.54) is 10.4 Å². The van der Waals surface area contributed by atoms with Crippen LogP contribution in [0.2, 0.25) is 0 Å². The number of likely N-dealkylation sites (N-methyl/N-ethyl adjacent to an activating group) is 1. The molecule has 0 saturated carbocycles. The van der Waals surface area contributed by atoms with E-state index in [9.17, 15) is 12.8 Å². The van der Waals surface area contributed by atoms with Crippen LogP contribution in [-0.4, -0.2) is 38.9 Å². The van der Waals surface area contributed by atoms with Crippen LogP contribution in [0.1, 0.15) is 24.8 Å². The van der Waals surface area contributed by atoms with Gasteiger partial charge in [-0.25, -0.2) is 4.39 Å². The second-order valence-electron chi connectivity index (χ2n) is 5.36. The van der Waals surface area contributed by atoms with Crippen molar-refractivity contribution < 1.29 is 12.8 Å². The van der Waals surface area contributed by atoms with E-state index < -0.39 is 16.0 Å². The van der Waals surface area contributed by atoms with Gasteiger partial charge in [0.2, 0.25) is 0 Å². The summed E-state index contributed by atoms with van der Waals surface area (Å²) in [6, 6.07) is 4.41. The number of halogens is 1. The number of nitrogens with zero attached hydrogens (tertiary/aromatic N) is 1. The number of hydrogen-bond acceptors (Lipinski definition) is 3. The number of hydrogen-bond donors (Lipinski definition) is 2. The van der Waals surface area contributed by atoms with E-state index in [1.807, 2.05) is 0 Å². The van der Waals surface area contributed by atoms with Crippen molar-refractivity contribution in [2.45, 2.75) is 32.2 Å². The molecule has 1 fully saturated rings. The predicted molar refractivity (Wildman–Crippen MR) is 82.0 cm³/mol. The minimum Gasteiger partial charge on any atom is -0.318 e. The highest BCUT2D eigenvalue weighted by atomic mass is 32.2. The van der Waals surface area contributed by atoms with Crippen molar-refractivity contribution in [1.82, 2.24) is 9.62 Å². The van der Waals surface area contributed by atoms with Gasteiger partial charge in [-0.3, -0.25) is 4.72 Å². The van der Waals surface area contributed by atoms with Crippen molar-refractivity contribution in [2.75, 3.05) is 24.9 Å². The summed E-state index contributed by atoms with van der Waals surface area (Å²) in [5.41, 5.74) is 0.604. The van der Waals surface area contributed by atoms with Crippen molar-refractivity contribution in [1.29, 1.82) is 0 Å². The highest BCUT2D eigenvalue weighted by Crippen LogP contribution is 2.25. The van der Waals surface area contributed by atoms with Gasteiger partial charge < -0.3 is 5.32 Å². The van der Waals surface area contributed by atoms with E-state index in [0.29, 0.717) is 18.7 Å². The van der Waals surface area contributed by atoms with Gasteiger partial charge in [0.25, 0.3) is 0 Å². The molecular formula is C14H22FN3O2S. The van der Waals surface area contributed by atoms with Crippen LogP contribution in [0.3, 0.4) is 0 Å². The molecule has 0 aromatic heterocycles. The molecular weight excluding hydrogens is 293 g/mol. The lowest BCUT2D eigenvalue weighted by Crippen LogP contribution is -2.50. The SMILES string of the molecule is CNCC1CCCCN1S(=O)(=O)Nc1c(C)cccc1F. The van der Waals surface area contributed by atoms with E-state index in [0.717, 1.165) is 19.3 Å². The Balaban J connectivity index is 2.24. The molecule has 0 spiro atoms. The third-order valence-electron chi connectivity index (χ3n) is 3.77. The summed E-state index contributed by atoms with van der Waals surface area (Å²) in [5, 5.41) is 3.02. The molecule has 2 rings (SSSR count). The molecule has 0 radical (unpaired) electrons. The average Bonchev–Trinajstić information content (AvgIpc) is 2.44. The Kier molecular flexibility index (Phi) is 5.18. The number of benzene rings is 1. The molecule has 0 aliphatic carbocycles. The minimum absolute atomic E-state index is 0.0336. The summed E-state index contributed by atoms with van der Waals surface area (Å²) in [6.07, 6.45) is 2.66. The lowest BCUT2D eigenvalue weighted by Gasteiger charge is -2.34. The molecule has 5 nitrogen and oxygen atoms in total. The van der Waals surface area contributed by atoms with Gasteiger partial charge in [0.15, 0.2) is 0 Å². The van der Waals surface area contributed by atoms with Gasteiger partial charge in [0.1, 0.15) is 5.82 Å². The third kappa shape index (κ3) is 3.72. The maximum atomic E-state index is 13.8. The number of anilines is 1. The zero-order valence-corrected chi connectivity index (χ0v) is 13.2. The molecule has 1 saturated heterocycles. The Bertz CT molecular complexity index is 570. The van der Waals surface area contributed by atoms with Gasteiger partial charge in [0.05, 0.1) is 5.69 Å². The van der Waals surface area contributed by atoms with Crippen molar-refractivity contribution in [3.05, 3.63) is 29.6 Å². The van der Waals surface area contributed by atoms with Crippen LogP contribution in [0.4, 0.5) is 10.1 Å². The molecule has 1 aromatic rings. The summed E-state index contributed by atoms with van der Waals surface area (Å²) in [6.45, 7) is 2.74. The molecule has 1 aromatic carbocycles. The third-order valence-corrected chi connectivity index (χ3v) is 5.33. The van der Waals surface area contributed by atoms with E-state index in [-0.39, 0.29) is 11.7 Å². The van der Waals surface area contributed by atoms with Crippen molar-refractivity contribution in [2.24, 2.45) is 0 Å². The monoisotopic (exact) mass is 315 g/mol. The maximum absolute atomic E-state index is 13.8. The quantitative estimate of drug-likeness (QED) is 0.872. The maximum Gasteiger partial charge on any atom is 0.302 e. The molecule has 0 amide bonds. The molecule has 1 aliphatic heterocycles. The number of piperidine rings is 1. The Morgan fingerprint density at radius 2 is 2.14 bits per heavy atom. The van der Waals surface area contributed by atoms with Crippen LogP contribution in [0, 0.1) is 12.7 Å². The zero-order valence-electron chi connectivity index (χ0n) is 12.4. The first-order chi connectivity index (χ1) is 9.95. The van der Waals surface area contributed by atoms with Crippen LogP contribution in [0.25, 0.3) is 0 Å². The van der Waals surface area contributed by atoms with E-state index in [1.54, 1.807) is 26.1 Å². The van der Waals surface area contributed by atoms with Gasteiger partial charge in [-0.15, -0.1) is 0 Å². The molecule has 1 unspecified atom stereocenters. The minimum atomic E-state index is -3.75. The van der Waals surface area contributed by atoms with E-state index >= 15 is 0 Å². The Morgan fingerprint density at radius 1 is 1.38 bits per heavy atom. The average molecular weight is 315 g/mol. The molecule has 2 N–H and O–H groups in total. The topological polar surface area (TPSA) is 61.4 Å². The van der Waals surface area contributed by atoms with Gasteiger partial charge >= 0.3 is 10.2 Å². The van der Waals surface area contributed by atoms with Gasteiger partial charge in [0, 0.05) is 19.1 Å². The van der Waals surface area contributed by atoms with Crippen LogP contribution < -0.4 is 10.0 Å². The summed E-state index contributed by atoms with van der Waals surface area (Å²) in [7, 11) is -1.95. The van der Waals surface area contributed by atoms with Crippen LogP contribution in [0.5, 0.6) is 0 Å². The van der Waals surface area contributed by atoms with Crippen LogP contribution in [-0.2, 0) is 10.2 Å². The first-order valence-electron chi connectivity index (χ1n) is 7.15. The number of para-hydroxylation sites is 1. The van der Waals surface area contributed by atoms with Gasteiger partial charge in [-0.05, 0) is 38.4 Å². The summed E-state index contributed by atoms with van der Waals surface area (Å²) < 4.78 is 42.8. The van der Waals surface area contributed by atoms with Gasteiger partial charge in [-0.2, -0.15) is 12.7 Å². The van der Waals surface area contributed by atoms with Crippen molar-refractivity contribution >= 4 is 15.9 Å². The predicted octanol–water partition coefficient (Wildman–Crippen LogP) is 1.86. The normalized spacial score (nSPS) is 20.4. The standard InChI is InChI=1S/C14H22FN3O2S/c1-11-6-5-8-13(15)14(11)17-21(19,20)18-9-4-3-7-12(18)10-16-2/h5-6,8,12,16-17H,3-4,7,9-10H2,1-2H3. The van der Waals surface area contributed by atoms with Crippen LogP contribution >= 0.6 is 0 Å². The summed E-state index contributed by atoms with van der Waals surface area (Å²) >= 11 is 0. The Morgan fingerprint density at radius 3 is 2.81 bits per heavy atom. The molecule has 1 atom stereocenters. The lowest BCUT2D eigenvalue weighted by molar-refractivity contribution is 0.250. The largest absolute Gasteiger partial charge is 0.318 e. The fraction of sp³-hybridized carbons (Fsp3) is 0.571. The Hall–Kier alpha value is -1.18. The van der Waals surface area contributed by atoms with Crippen molar-refractivity contribution in [3.63, 3.8) is 0 Å². The molecule has 118 valence electrons. The zero-order chi connectivity index (χ0) is 15.5. The van der Waals surface area contributed by atoms with Gasteiger partial charge in [-0.1, -0.05) is 18.6 Å². The highest BCUT2D eigenvalue weighted by Gasteiger charge is 2.32. The lowest BCUT2D eigenvalue weighted by atomic mass is 10.1. The Labute approximate surface area is 125 Å². The van der Waals surface area contributed by atoms with Crippen molar-refractivity contribution in [3.8, 4) is 0 Å². The molecule has 21 heavy (non-hydrogen) atoms. The molecule has 1 heterocycles. The first-order valence-corrected chi connectivity index (χ1v) is 8.59. The highest BCUT2D eigenvalue weighted by molar-refractivity contribution is 7.90. The smallest absolute Gasteiger partial charge is 0.302 e. The fourth-order valence-corrected chi connectivity index (χ4v) is 4.25. The number of aryl methyl sites for hydroxylation is 1. The summed E-state index contributed by atoms with van der Waals surface area (Å²) in [4.78, 5) is 0. The molecule has 1 aliphatic rings. The number of nitrogens with one attached hydrogen (secondary N) is 2.